The molecule has 2 heterocycles. The number of piperidine rings is 1. The number of hydrogen-bond donors (Lipinski definition) is 2. The molecule has 6 nitrogen and oxygen atoms in total. The molecule has 1 atom stereocenters. The topological polar surface area (TPSA) is 70.2 Å². The number of likely N-dealkylation sites (tertiary alicyclic amines) is 1. The molecule has 156 valence electrons. The van der Waals surface area contributed by atoms with Gasteiger partial charge in [-0.2, -0.15) is 5.10 Å². The maximum absolute atomic E-state index is 12.6. The van der Waals surface area contributed by atoms with Gasteiger partial charge in [-0.15, -0.1) is 0 Å². The van der Waals surface area contributed by atoms with Crippen LogP contribution >= 0.6 is 0 Å². The van der Waals surface area contributed by atoms with Gasteiger partial charge in [-0.3, -0.25) is 14.8 Å². The summed E-state index contributed by atoms with van der Waals surface area (Å²) in [5, 5.41) is 8.65. The molecular formula is C21H26F2N4O2. The minimum absolute atomic E-state index is 0.00427. The van der Waals surface area contributed by atoms with Gasteiger partial charge in [0.25, 0.3) is 12.3 Å². The molecule has 0 unspecified atom stereocenters. The van der Waals surface area contributed by atoms with Crippen molar-refractivity contribution in [2.24, 2.45) is 5.92 Å². The number of methoxy groups -OCH3 is 1. The number of H-pyrrole nitrogens is 1. The van der Waals surface area contributed by atoms with Crippen molar-refractivity contribution >= 4 is 12.0 Å². The Kier molecular flexibility index (Phi) is 7.35. The van der Waals surface area contributed by atoms with E-state index in [9.17, 15) is 13.6 Å². The van der Waals surface area contributed by atoms with Crippen molar-refractivity contribution in [2.45, 2.75) is 19.3 Å². The minimum Gasteiger partial charge on any atom is -0.497 e. The highest BCUT2D eigenvalue weighted by atomic mass is 19.3. The Labute approximate surface area is 168 Å². The van der Waals surface area contributed by atoms with E-state index in [-0.39, 0.29) is 11.4 Å². The Morgan fingerprint density at radius 1 is 1.41 bits per heavy atom. The zero-order valence-electron chi connectivity index (χ0n) is 16.4. The average Bonchev–Trinajstić information content (AvgIpc) is 3.24. The van der Waals surface area contributed by atoms with Gasteiger partial charge >= 0.3 is 0 Å². The molecule has 1 aromatic carbocycles. The van der Waals surface area contributed by atoms with Crippen LogP contribution in [-0.2, 0) is 0 Å². The molecule has 1 amide bonds. The smallest absolute Gasteiger partial charge is 0.279 e. The first kappa shape index (κ1) is 21.0. The lowest BCUT2D eigenvalue weighted by Gasteiger charge is -2.32. The third-order valence-corrected chi connectivity index (χ3v) is 5.01. The van der Waals surface area contributed by atoms with Crippen LogP contribution in [0.25, 0.3) is 6.08 Å². The molecule has 0 radical (unpaired) electrons. The Bertz CT molecular complexity index is 820. The van der Waals surface area contributed by atoms with Crippen LogP contribution in [-0.4, -0.2) is 54.3 Å². The average molecular weight is 404 g/mol. The predicted octanol–water partition coefficient (Wildman–Crippen LogP) is 3.51. The molecule has 1 aromatic heterocycles. The molecule has 0 saturated carbocycles. The molecule has 1 fully saturated rings. The van der Waals surface area contributed by atoms with Crippen LogP contribution in [0.3, 0.4) is 0 Å². The van der Waals surface area contributed by atoms with Crippen molar-refractivity contribution in [3.63, 3.8) is 0 Å². The van der Waals surface area contributed by atoms with Crippen molar-refractivity contribution in [3.05, 3.63) is 53.4 Å². The van der Waals surface area contributed by atoms with Gasteiger partial charge in [0.15, 0.2) is 0 Å². The normalized spacial score (nSPS) is 17.7. The van der Waals surface area contributed by atoms with E-state index in [1.54, 1.807) is 7.11 Å². The summed E-state index contributed by atoms with van der Waals surface area (Å²) >= 11 is 0. The summed E-state index contributed by atoms with van der Waals surface area (Å²) < 4.78 is 30.3. The number of benzene rings is 1. The van der Waals surface area contributed by atoms with Crippen LogP contribution in [0.4, 0.5) is 8.78 Å². The van der Waals surface area contributed by atoms with E-state index in [4.69, 9.17) is 4.74 Å². The molecule has 0 aliphatic carbocycles. The monoisotopic (exact) mass is 404 g/mol. The van der Waals surface area contributed by atoms with Crippen molar-refractivity contribution in [2.75, 3.05) is 33.3 Å². The highest BCUT2D eigenvalue weighted by Crippen LogP contribution is 2.18. The molecule has 0 spiro atoms. The third-order valence-electron chi connectivity index (χ3n) is 5.01. The van der Waals surface area contributed by atoms with Crippen LogP contribution in [0.5, 0.6) is 5.75 Å². The summed E-state index contributed by atoms with van der Waals surface area (Å²) in [6.45, 7) is 3.26. The van der Waals surface area contributed by atoms with Crippen LogP contribution < -0.4 is 10.1 Å². The molecule has 3 rings (SSSR count). The quantitative estimate of drug-likeness (QED) is 0.706. The van der Waals surface area contributed by atoms with Gasteiger partial charge in [0.1, 0.15) is 17.1 Å². The first-order valence-corrected chi connectivity index (χ1v) is 9.69. The van der Waals surface area contributed by atoms with Gasteiger partial charge in [0, 0.05) is 19.6 Å². The summed E-state index contributed by atoms with van der Waals surface area (Å²) in [6.07, 6.45) is 3.65. The highest BCUT2D eigenvalue weighted by Gasteiger charge is 2.21. The number of nitrogens with one attached hydrogen (secondary N) is 2. The van der Waals surface area contributed by atoms with E-state index < -0.39 is 12.3 Å². The summed E-state index contributed by atoms with van der Waals surface area (Å²) in [5.41, 5.74) is 0.770. The number of rotatable bonds is 8. The molecule has 2 N–H and O–H groups in total. The number of halogens is 2. The molecule has 0 bridgehead atoms. The number of aromatic nitrogens is 2. The van der Waals surface area contributed by atoms with Crippen LogP contribution in [0.15, 0.2) is 36.4 Å². The van der Waals surface area contributed by atoms with Gasteiger partial charge in [-0.25, -0.2) is 8.78 Å². The SMILES string of the molecule is COc1ccc(/C=C/CN2CCC[C@H](CNC(=O)c3cc(C(F)F)[nH]n3)C2)cc1. The Morgan fingerprint density at radius 3 is 2.90 bits per heavy atom. The van der Waals surface area contributed by atoms with Gasteiger partial charge < -0.3 is 10.1 Å². The third kappa shape index (κ3) is 6.12. The second-order valence-electron chi connectivity index (χ2n) is 7.16. The van der Waals surface area contributed by atoms with Crippen LogP contribution in [0.2, 0.25) is 0 Å². The lowest BCUT2D eigenvalue weighted by Crippen LogP contribution is -2.41. The minimum atomic E-state index is -2.66. The molecular weight excluding hydrogens is 378 g/mol. The standard InChI is InChI=1S/C21H26F2N4O2/c1-29-17-8-6-15(7-9-17)4-2-10-27-11-3-5-16(14-27)13-24-21(28)19-12-18(20(22)23)25-26-19/h2,4,6-9,12,16,20H,3,5,10-11,13-14H2,1H3,(H,24,28)(H,25,26)/b4-2+/t16-/m1/s1. The first-order valence-electron chi connectivity index (χ1n) is 9.69. The molecule has 1 aliphatic heterocycles. The molecule has 2 aromatic rings. The van der Waals surface area contributed by atoms with E-state index in [1.807, 2.05) is 24.3 Å². The lowest BCUT2D eigenvalue weighted by atomic mass is 9.98. The maximum atomic E-state index is 12.6. The van der Waals surface area contributed by atoms with Gasteiger partial charge in [0.2, 0.25) is 0 Å². The number of amides is 1. The van der Waals surface area contributed by atoms with Crippen molar-refractivity contribution in [1.82, 2.24) is 20.4 Å². The van der Waals surface area contributed by atoms with E-state index in [2.05, 4.69) is 32.6 Å². The molecule has 1 saturated heterocycles. The number of carbonyl (C=O) groups excluding carboxylic acids is 1. The number of ether oxygens (including phenoxy) is 1. The Morgan fingerprint density at radius 2 is 2.21 bits per heavy atom. The Hall–Kier alpha value is -2.74. The fourth-order valence-corrected chi connectivity index (χ4v) is 3.43. The summed E-state index contributed by atoms with van der Waals surface area (Å²) in [6, 6.07) is 8.99. The Balaban J connectivity index is 1.43. The highest BCUT2D eigenvalue weighted by molar-refractivity contribution is 5.92. The van der Waals surface area contributed by atoms with Crippen molar-refractivity contribution in [1.29, 1.82) is 0 Å². The predicted molar refractivity (Wildman–Crippen MR) is 107 cm³/mol. The lowest BCUT2D eigenvalue weighted by molar-refractivity contribution is 0.0930. The van der Waals surface area contributed by atoms with Gasteiger partial charge in [0.05, 0.1) is 7.11 Å². The van der Waals surface area contributed by atoms with Crippen molar-refractivity contribution in [3.8, 4) is 5.75 Å². The number of nitrogens with zero attached hydrogens (tertiary/aromatic N) is 2. The van der Waals surface area contributed by atoms with Gasteiger partial charge in [-0.05, 0) is 49.1 Å². The second kappa shape index (κ2) is 10.2. The van der Waals surface area contributed by atoms with Gasteiger partial charge in [-0.1, -0.05) is 24.3 Å². The molecule has 1 aliphatic rings. The van der Waals surface area contributed by atoms with Crippen molar-refractivity contribution < 1.29 is 18.3 Å². The van der Waals surface area contributed by atoms with Crippen LogP contribution in [0.1, 0.15) is 41.0 Å². The number of hydrogen-bond acceptors (Lipinski definition) is 4. The number of alkyl halides is 2. The van der Waals surface area contributed by atoms with E-state index in [1.165, 1.54) is 0 Å². The maximum Gasteiger partial charge on any atom is 0.279 e. The summed E-state index contributed by atoms with van der Waals surface area (Å²) in [5.74, 6) is 0.739. The number of aromatic amines is 1. The van der Waals surface area contributed by atoms with E-state index in [0.29, 0.717) is 12.5 Å². The van der Waals surface area contributed by atoms with E-state index in [0.717, 1.165) is 49.9 Å². The molecule has 29 heavy (non-hydrogen) atoms. The summed E-state index contributed by atoms with van der Waals surface area (Å²) in [4.78, 5) is 14.5. The van der Waals surface area contributed by atoms with E-state index >= 15 is 0 Å². The second-order valence-corrected chi connectivity index (χ2v) is 7.16. The largest absolute Gasteiger partial charge is 0.497 e. The molecule has 8 heteroatoms. The zero-order chi connectivity index (χ0) is 20.6. The summed E-state index contributed by atoms with van der Waals surface area (Å²) in [7, 11) is 1.65. The fraction of sp³-hybridized carbons (Fsp3) is 0.429. The first-order chi connectivity index (χ1) is 14.0. The zero-order valence-corrected chi connectivity index (χ0v) is 16.4. The fourth-order valence-electron chi connectivity index (χ4n) is 3.43. The van der Waals surface area contributed by atoms with Crippen LogP contribution in [0, 0.1) is 5.92 Å². The number of carbonyl (C=O) groups is 1.